The summed E-state index contributed by atoms with van der Waals surface area (Å²) >= 11 is 0. The summed E-state index contributed by atoms with van der Waals surface area (Å²) in [4.78, 5) is 0. The summed E-state index contributed by atoms with van der Waals surface area (Å²) in [7, 11) is 0. The van der Waals surface area contributed by atoms with Crippen LogP contribution in [0.3, 0.4) is 0 Å². The van der Waals surface area contributed by atoms with Crippen molar-refractivity contribution in [3.8, 4) is 0 Å². The minimum atomic E-state index is -4.03. The van der Waals surface area contributed by atoms with Gasteiger partial charge in [0.05, 0.1) is 5.92 Å². The van der Waals surface area contributed by atoms with Crippen LogP contribution < -0.4 is 0 Å². The molecule has 1 atom stereocenters. The van der Waals surface area contributed by atoms with Crippen molar-refractivity contribution in [2.24, 2.45) is 17.8 Å². The van der Waals surface area contributed by atoms with Crippen molar-refractivity contribution in [2.45, 2.75) is 40.3 Å². The van der Waals surface area contributed by atoms with Crippen molar-refractivity contribution in [3.05, 3.63) is 0 Å². The Labute approximate surface area is 72.2 Å². The maximum absolute atomic E-state index is 12.3. The first-order valence-electron chi connectivity index (χ1n) is 4.31. The normalized spacial score (nSPS) is 15.8. The first kappa shape index (κ1) is 11.8. The molecule has 0 heterocycles. The second kappa shape index (κ2) is 4.15. The number of halogens is 3. The fourth-order valence-electron chi connectivity index (χ4n) is 1.29. The molecule has 0 spiro atoms. The van der Waals surface area contributed by atoms with Crippen LogP contribution in [0.5, 0.6) is 0 Å². The largest absolute Gasteiger partial charge is 0.392 e. The fraction of sp³-hybridized carbons (Fsp3) is 1.00. The van der Waals surface area contributed by atoms with Gasteiger partial charge < -0.3 is 0 Å². The molecule has 0 aromatic carbocycles. The van der Waals surface area contributed by atoms with Crippen LogP contribution in [0.25, 0.3) is 0 Å². The highest BCUT2D eigenvalue weighted by Crippen LogP contribution is 2.36. The van der Waals surface area contributed by atoms with Crippen LogP contribution in [-0.4, -0.2) is 6.18 Å². The fourth-order valence-corrected chi connectivity index (χ4v) is 1.29. The van der Waals surface area contributed by atoms with Gasteiger partial charge in [0.2, 0.25) is 0 Å². The smallest absolute Gasteiger partial charge is 0.171 e. The van der Waals surface area contributed by atoms with Crippen molar-refractivity contribution >= 4 is 0 Å². The molecule has 0 aromatic heterocycles. The minimum Gasteiger partial charge on any atom is -0.171 e. The molecule has 0 aliphatic carbocycles. The maximum atomic E-state index is 12.3. The van der Waals surface area contributed by atoms with E-state index in [0.717, 1.165) is 0 Å². The van der Waals surface area contributed by atoms with Gasteiger partial charge in [-0.15, -0.1) is 0 Å². The topological polar surface area (TPSA) is 0 Å². The Hall–Kier alpha value is -0.210. The lowest BCUT2D eigenvalue weighted by Gasteiger charge is -2.25. The molecule has 0 saturated carbocycles. The van der Waals surface area contributed by atoms with E-state index in [1.54, 1.807) is 13.8 Å². The van der Waals surface area contributed by atoms with Crippen LogP contribution in [0.2, 0.25) is 0 Å². The van der Waals surface area contributed by atoms with Crippen molar-refractivity contribution < 1.29 is 13.2 Å². The predicted molar refractivity (Wildman–Crippen MR) is 43.8 cm³/mol. The van der Waals surface area contributed by atoms with E-state index >= 15 is 0 Å². The Balaban J connectivity index is 4.25. The van der Waals surface area contributed by atoms with Crippen LogP contribution in [-0.2, 0) is 0 Å². The Kier molecular flexibility index (Phi) is 4.08. The van der Waals surface area contributed by atoms with E-state index in [4.69, 9.17) is 0 Å². The second-order valence-electron chi connectivity index (χ2n) is 4.02. The minimum absolute atomic E-state index is 0.110. The molecule has 0 N–H and O–H groups in total. The Morgan fingerprint density at radius 3 is 1.50 bits per heavy atom. The van der Waals surface area contributed by atoms with Crippen molar-refractivity contribution in [2.75, 3.05) is 0 Å². The van der Waals surface area contributed by atoms with E-state index < -0.39 is 12.1 Å². The highest BCUT2D eigenvalue weighted by Gasteiger charge is 2.41. The molecule has 0 aliphatic heterocycles. The molecule has 0 bridgehead atoms. The first-order valence-corrected chi connectivity index (χ1v) is 4.31. The van der Waals surface area contributed by atoms with Gasteiger partial charge in [-0.25, -0.2) is 0 Å². The quantitative estimate of drug-likeness (QED) is 0.621. The summed E-state index contributed by atoms with van der Waals surface area (Å²) in [6, 6.07) is 0. The zero-order valence-electron chi connectivity index (χ0n) is 8.07. The van der Waals surface area contributed by atoms with Crippen LogP contribution in [0.1, 0.15) is 34.1 Å². The molecule has 0 nitrogen and oxygen atoms in total. The van der Waals surface area contributed by atoms with Gasteiger partial charge in [-0.05, 0) is 18.3 Å². The molecule has 0 saturated heterocycles. The summed E-state index contributed by atoms with van der Waals surface area (Å²) in [5.41, 5.74) is 0. The summed E-state index contributed by atoms with van der Waals surface area (Å²) < 4.78 is 37.0. The molecule has 12 heavy (non-hydrogen) atoms. The summed E-state index contributed by atoms with van der Waals surface area (Å²) in [5, 5.41) is 0. The van der Waals surface area contributed by atoms with Gasteiger partial charge in [0.25, 0.3) is 0 Å². The third-order valence-corrected chi connectivity index (χ3v) is 1.95. The molecule has 0 fully saturated rings. The summed E-state index contributed by atoms with van der Waals surface area (Å²) in [6.07, 6.45) is -3.79. The van der Waals surface area contributed by atoms with Gasteiger partial charge in [0, 0.05) is 0 Å². The molecule has 0 aromatic rings. The van der Waals surface area contributed by atoms with Crippen molar-refractivity contribution in [1.82, 2.24) is 0 Å². The lowest BCUT2D eigenvalue weighted by Crippen LogP contribution is -2.28. The van der Waals surface area contributed by atoms with Gasteiger partial charge in [-0.3, -0.25) is 0 Å². The highest BCUT2D eigenvalue weighted by atomic mass is 19.4. The molecular weight excluding hydrogens is 165 g/mol. The van der Waals surface area contributed by atoms with E-state index in [9.17, 15) is 13.2 Å². The maximum Gasteiger partial charge on any atom is 0.392 e. The predicted octanol–water partition coefficient (Wildman–Crippen LogP) is 3.87. The third-order valence-electron chi connectivity index (χ3n) is 1.95. The second-order valence-corrected chi connectivity index (χ2v) is 4.02. The van der Waals surface area contributed by atoms with Gasteiger partial charge >= 0.3 is 6.18 Å². The Morgan fingerprint density at radius 1 is 1.00 bits per heavy atom. The van der Waals surface area contributed by atoms with Crippen LogP contribution in [0.4, 0.5) is 13.2 Å². The number of hydrogen-bond donors (Lipinski definition) is 0. The average Bonchev–Trinajstić information content (AvgIpc) is 1.79. The first-order chi connectivity index (χ1) is 5.25. The lowest BCUT2D eigenvalue weighted by atomic mass is 9.87. The van der Waals surface area contributed by atoms with Crippen molar-refractivity contribution in [3.63, 3.8) is 0 Å². The van der Waals surface area contributed by atoms with Gasteiger partial charge in [-0.1, -0.05) is 27.7 Å². The standard InChI is InChI=1S/C9H17F3/c1-6(2)5-8(7(3)4)9(10,11)12/h6-8H,5H2,1-4H3. The van der Waals surface area contributed by atoms with Gasteiger partial charge in [0.1, 0.15) is 0 Å². The molecule has 1 unspecified atom stereocenters. The molecule has 0 amide bonds. The summed E-state index contributed by atoms with van der Waals surface area (Å²) in [5.74, 6) is -1.34. The SMILES string of the molecule is CC(C)CC(C(C)C)C(F)(F)F. The lowest BCUT2D eigenvalue weighted by molar-refractivity contribution is -0.190. The molecule has 0 rings (SSSR count). The van der Waals surface area contributed by atoms with Crippen molar-refractivity contribution in [1.29, 1.82) is 0 Å². The zero-order chi connectivity index (χ0) is 9.94. The molecular formula is C9H17F3. The molecule has 3 heteroatoms. The van der Waals surface area contributed by atoms with E-state index in [1.165, 1.54) is 0 Å². The summed E-state index contributed by atoms with van der Waals surface area (Å²) in [6.45, 7) is 6.89. The van der Waals surface area contributed by atoms with E-state index in [2.05, 4.69) is 0 Å². The van der Waals surface area contributed by atoms with E-state index in [1.807, 2.05) is 13.8 Å². The Morgan fingerprint density at radius 2 is 1.42 bits per heavy atom. The third kappa shape index (κ3) is 3.98. The van der Waals surface area contributed by atoms with Crippen LogP contribution >= 0.6 is 0 Å². The number of alkyl halides is 3. The monoisotopic (exact) mass is 182 g/mol. The number of rotatable bonds is 3. The van der Waals surface area contributed by atoms with Crippen LogP contribution in [0.15, 0.2) is 0 Å². The number of hydrogen-bond acceptors (Lipinski definition) is 0. The van der Waals surface area contributed by atoms with E-state index in [0.29, 0.717) is 0 Å². The van der Waals surface area contributed by atoms with Crippen LogP contribution in [0, 0.1) is 17.8 Å². The van der Waals surface area contributed by atoms with E-state index in [-0.39, 0.29) is 18.3 Å². The molecule has 74 valence electrons. The van der Waals surface area contributed by atoms with Gasteiger partial charge in [-0.2, -0.15) is 13.2 Å². The van der Waals surface area contributed by atoms with Gasteiger partial charge in [0.15, 0.2) is 0 Å². The zero-order valence-corrected chi connectivity index (χ0v) is 8.07. The average molecular weight is 182 g/mol. The Bertz CT molecular complexity index is 124. The molecule has 0 aliphatic rings. The molecule has 0 radical (unpaired) electrons. The highest BCUT2D eigenvalue weighted by molar-refractivity contribution is 4.72.